The average Bonchev–Trinajstić information content (AvgIpc) is 2.78. The summed E-state index contributed by atoms with van der Waals surface area (Å²) in [7, 11) is 0. The van der Waals surface area contributed by atoms with Crippen LogP contribution in [0.1, 0.15) is 25.8 Å². The number of hydrogen-bond acceptors (Lipinski definition) is 3. The van der Waals surface area contributed by atoms with Gasteiger partial charge in [0.25, 0.3) is 0 Å². The molecule has 2 rings (SSSR count). The van der Waals surface area contributed by atoms with Gasteiger partial charge in [-0.2, -0.15) is 0 Å². The third-order valence-corrected chi connectivity index (χ3v) is 4.73. The van der Waals surface area contributed by atoms with E-state index in [4.69, 9.17) is 4.74 Å². The van der Waals surface area contributed by atoms with Gasteiger partial charge in [0.15, 0.2) is 0 Å². The van der Waals surface area contributed by atoms with Gasteiger partial charge in [-0.15, -0.1) is 11.8 Å². The van der Waals surface area contributed by atoms with E-state index in [9.17, 15) is 5.11 Å². The minimum Gasteiger partial charge on any atom is -0.381 e. The highest BCUT2D eigenvalue weighted by Crippen LogP contribution is 2.48. The number of ether oxygens (including phenoxy) is 1. The molecule has 0 bridgehead atoms. The van der Waals surface area contributed by atoms with E-state index >= 15 is 0 Å². The molecule has 1 heterocycles. The summed E-state index contributed by atoms with van der Waals surface area (Å²) in [4.78, 5) is -0.525. The van der Waals surface area contributed by atoms with E-state index in [2.05, 4.69) is 0 Å². The Kier molecular flexibility index (Phi) is 3.29. The summed E-state index contributed by atoms with van der Waals surface area (Å²) in [6, 6.07) is 9.82. The van der Waals surface area contributed by atoms with Gasteiger partial charge < -0.3 is 9.84 Å². The molecule has 2 atom stereocenters. The molecule has 0 amide bonds. The highest BCUT2D eigenvalue weighted by Gasteiger charge is 2.50. The summed E-state index contributed by atoms with van der Waals surface area (Å²) in [5, 5.41) is 10.9. The molecule has 1 N–H and O–H groups in total. The number of rotatable bonds is 3. The van der Waals surface area contributed by atoms with Crippen molar-refractivity contribution in [3.8, 4) is 0 Å². The van der Waals surface area contributed by atoms with Gasteiger partial charge in [0.1, 0.15) is 10.5 Å². The minimum atomic E-state index is -0.907. The number of aliphatic hydroxyl groups is 1. The van der Waals surface area contributed by atoms with Crippen LogP contribution in [-0.4, -0.2) is 22.4 Å². The molecule has 2 unspecified atom stereocenters. The standard InChI is InChI=1S/C13H18O2S/c1-3-13(14,11-7-5-4-6-8-11)12(2)15-9-10-16-12/h4-8,14H,3,9-10H2,1-2H3. The van der Waals surface area contributed by atoms with E-state index in [1.165, 1.54) is 0 Å². The topological polar surface area (TPSA) is 29.5 Å². The number of benzene rings is 1. The SMILES string of the molecule is CCC(O)(c1ccccc1)C1(C)OCCS1. The molecule has 1 aromatic rings. The fourth-order valence-electron chi connectivity index (χ4n) is 2.25. The van der Waals surface area contributed by atoms with Crippen LogP contribution in [0.2, 0.25) is 0 Å². The molecule has 0 radical (unpaired) electrons. The maximum atomic E-state index is 10.9. The molecule has 0 saturated carbocycles. The molecule has 3 heteroatoms. The van der Waals surface area contributed by atoms with Gasteiger partial charge >= 0.3 is 0 Å². The molecule has 1 aliphatic heterocycles. The molecule has 16 heavy (non-hydrogen) atoms. The van der Waals surface area contributed by atoms with Crippen molar-refractivity contribution in [2.75, 3.05) is 12.4 Å². The molecule has 1 saturated heterocycles. The van der Waals surface area contributed by atoms with Gasteiger partial charge in [0, 0.05) is 5.75 Å². The molecule has 1 aromatic carbocycles. The van der Waals surface area contributed by atoms with Gasteiger partial charge in [-0.05, 0) is 18.9 Å². The maximum absolute atomic E-state index is 10.9. The van der Waals surface area contributed by atoms with Gasteiger partial charge in [-0.3, -0.25) is 0 Å². The predicted octanol–water partition coefficient (Wildman–Crippen LogP) is 2.76. The van der Waals surface area contributed by atoms with Crippen LogP contribution >= 0.6 is 11.8 Å². The highest BCUT2D eigenvalue weighted by molar-refractivity contribution is 8.00. The minimum absolute atomic E-state index is 0.525. The van der Waals surface area contributed by atoms with Crippen molar-refractivity contribution in [3.05, 3.63) is 35.9 Å². The molecular weight excluding hydrogens is 220 g/mol. The van der Waals surface area contributed by atoms with Gasteiger partial charge in [-0.1, -0.05) is 37.3 Å². The van der Waals surface area contributed by atoms with Crippen molar-refractivity contribution in [2.24, 2.45) is 0 Å². The summed E-state index contributed by atoms with van der Waals surface area (Å²) >= 11 is 1.70. The molecule has 1 aliphatic rings. The lowest BCUT2D eigenvalue weighted by molar-refractivity contribution is -0.119. The molecular formula is C13H18O2S. The lowest BCUT2D eigenvalue weighted by Gasteiger charge is -2.40. The Labute approximate surface area is 101 Å². The van der Waals surface area contributed by atoms with Crippen LogP contribution in [0.15, 0.2) is 30.3 Å². The Morgan fingerprint density at radius 3 is 2.62 bits per heavy atom. The third kappa shape index (κ3) is 1.77. The molecule has 0 aliphatic carbocycles. The lowest BCUT2D eigenvalue weighted by atomic mass is 9.86. The smallest absolute Gasteiger partial charge is 0.143 e. The largest absolute Gasteiger partial charge is 0.381 e. The Morgan fingerprint density at radius 1 is 1.44 bits per heavy atom. The van der Waals surface area contributed by atoms with E-state index in [0.717, 1.165) is 17.9 Å². The van der Waals surface area contributed by atoms with E-state index in [1.54, 1.807) is 11.8 Å². The van der Waals surface area contributed by atoms with E-state index in [-0.39, 0.29) is 0 Å². The lowest BCUT2D eigenvalue weighted by Crippen LogP contribution is -2.46. The summed E-state index contributed by atoms with van der Waals surface area (Å²) in [6.07, 6.45) is 0.653. The maximum Gasteiger partial charge on any atom is 0.143 e. The molecule has 0 aromatic heterocycles. The van der Waals surface area contributed by atoms with Crippen LogP contribution in [0, 0.1) is 0 Å². The zero-order valence-corrected chi connectivity index (χ0v) is 10.6. The van der Waals surface area contributed by atoms with Crippen LogP contribution < -0.4 is 0 Å². The highest BCUT2D eigenvalue weighted by atomic mass is 32.2. The first kappa shape index (κ1) is 12.0. The zero-order chi connectivity index (χ0) is 11.6. The Balaban J connectivity index is 2.39. The first-order valence-electron chi connectivity index (χ1n) is 5.68. The van der Waals surface area contributed by atoms with Crippen LogP contribution in [0.3, 0.4) is 0 Å². The van der Waals surface area contributed by atoms with Crippen molar-refractivity contribution >= 4 is 11.8 Å². The predicted molar refractivity (Wildman–Crippen MR) is 67.4 cm³/mol. The Bertz CT molecular complexity index is 346. The zero-order valence-electron chi connectivity index (χ0n) is 9.77. The average molecular weight is 238 g/mol. The first-order chi connectivity index (χ1) is 7.62. The summed E-state index contributed by atoms with van der Waals surface area (Å²) < 4.78 is 5.76. The molecule has 1 fully saturated rings. The normalized spacial score (nSPS) is 28.9. The van der Waals surface area contributed by atoms with E-state index in [0.29, 0.717) is 6.42 Å². The summed E-state index contributed by atoms with van der Waals surface area (Å²) in [5.74, 6) is 0.950. The second-order valence-electron chi connectivity index (χ2n) is 4.22. The van der Waals surface area contributed by atoms with Crippen molar-refractivity contribution < 1.29 is 9.84 Å². The van der Waals surface area contributed by atoms with Crippen molar-refractivity contribution in [3.63, 3.8) is 0 Å². The second-order valence-corrected chi connectivity index (χ2v) is 5.70. The van der Waals surface area contributed by atoms with Crippen LogP contribution in [0.4, 0.5) is 0 Å². The fourth-order valence-corrected chi connectivity index (χ4v) is 3.48. The number of hydrogen-bond donors (Lipinski definition) is 1. The summed E-state index contributed by atoms with van der Waals surface area (Å²) in [6.45, 7) is 4.71. The van der Waals surface area contributed by atoms with E-state index < -0.39 is 10.5 Å². The van der Waals surface area contributed by atoms with Crippen molar-refractivity contribution in [1.82, 2.24) is 0 Å². The Hall–Kier alpha value is -0.510. The molecule has 2 nitrogen and oxygen atoms in total. The van der Waals surface area contributed by atoms with Crippen molar-refractivity contribution in [2.45, 2.75) is 30.8 Å². The third-order valence-electron chi connectivity index (χ3n) is 3.35. The monoisotopic (exact) mass is 238 g/mol. The van der Waals surface area contributed by atoms with Gasteiger partial charge in [0.2, 0.25) is 0 Å². The van der Waals surface area contributed by atoms with Crippen molar-refractivity contribution in [1.29, 1.82) is 0 Å². The van der Waals surface area contributed by atoms with Crippen LogP contribution in [-0.2, 0) is 10.3 Å². The van der Waals surface area contributed by atoms with Crippen LogP contribution in [0.5, 0.6) is 0 Å². The molecule has 0 spiro atoms. The van der Waals surface area contributed by atoms with Crippen LogP contribution in [0.25, 0.3) is 0 Å². The van der Waals surface area contributed by atoms with Gasteiger partial charge in [-0.25, -0.2) is 0 Å². The second kappa shape index (κ2) is 4.40. The first-order valence-corrected chi connectivity index (χ1v) is 6.67. The quantitative estimate of drug-likeness (QED) is 0.878. The Morgan fingerprint density at radius 2 is 2.12 bits per heavy atom. The number of thioether (sulfide) groups is 1. The van der Waals surface area contributed by atoms with E-state index in [1.807, 2.05) is 44.2 Å². The van der Waals surface area contributed by atoms with Gasteiger partial charge in [0.05, 0.1) is 6.61 Å². The fraction of sp³-hybridized carbons (Fsp3) is 0.538. The summed E-state index contributed by atoms with van der Waals surface area (Å²) in [5.41, 5.74) is 0.0319. The molecule has 88 valence electrons.